The van der Waals surface area contributed by atoms with Crippen LogP contribution in [0.3, 0.4) is 0 Å². The van der Waals surface area contributed by atoms with Crippen LogP contribution in [0.5, 0.6) is 0 Å². The van der Waals surface area contributed by atoms with Crippen LogP contribution < -0.4 is 5.11 Å². The number of aromatic carboxylic acids is 1. The molecule has 0 heterocycles. The zero-order chi connectivity index (χ0) is 9.14. The molecular formula is C7H3BrN2O2. The minimum atomic E-state index is -1.37. The standard InChI is InChI=1S/C7H3BrN2O2/c8-4-1-2-6(10-9)5(3-4)7(11)12/h1-3H. The molecule has 0 aliphatic carbocycles. The molecule has 12 heavy (non-hydrogen) atoms. The first-order chi connectivity index (χ1) is 5.65. The maximum Gasteiger partial charge on any atom is 0.394 e. The zero-order valence-corrected chi connectivity index (χ0v) is 7.41. The summed E-state index contributed by atoms with van der Waals surface area (Å²) in [7, 11) is 0. The van der Waals surface area contributed by atoms with Gasteiger partial charge in [-0.05, 0) is 12.1 Å². The molecule has 0 fully saturated rings. The van der Waals surface area contributed by atoms with E-state index in [-0.39, 0.29) is 11.3 Å². The third-order valence-electron chi connectivity index (χ3n) is 1.29. The van der Waals surface area contributed by atoms with Crippen molar-refractivity contribution in [2.45, 2.75) is 0 Å². The first kappa shape index (κ1) is 8.68. The summed E-state index contributed by atoms with van der Waals surface area (Å²) in [4.78, 5) is 13.2. The van der Waals surface area contributed by atoms with Crippen LogP contribution >= 0.6 is 15.9 Å². The third kappa shape index (κ3) is 1.60. The number of carboxylic acid groups (broad SMARTS) is 1. The highest BCUT2D eigenvalue weighted by atomic mass is 79.9. The van der Waals surface area contributed by atoms with Gasteiger partial charge >= 0.3 is 5.69 Å². The average molecular weight is 227 g/mol. The molecule has 60 valence electrons. The van der Waals surface area contributed by atoms with Crippen LogP contribution in [0.4, 0.5) is 5.69 Å². The first-order valence-corrected chi connectivity index (χ1v) is 3.80. The topological polar surface area (TPSA) is 68.3 Å². The molecule has 0 spiro atoms. The quantitative estimate of drug-likeness (QED) is 0.679. The van der Waals surface area contributed by atoms with Crippen molar-refractivity contribution >= 4 is 27.6 Å². The van der Waals surface area contributed by atoms with Crippen molar-refractivity contribution in [1.29, 1.82) is 5.39 Å². The molecule has 5 heteroatoms. The molecule has 1 aromatic rings. The van der Waals surface area contributed by atoms with Crippen LogP contribution in [-0.2, 0) is 0 Å². The molecule has 0 radical (unpaired) electrons. The molecule has 1 aromatic carbocycles. The number of carbonyl (C=O) groups excluding carboxylic acids is 1. The van der Waals surface area contributed by atoms with E-state index in [2.05, 4.69) is 20.9 Å². The first-order valence-electron chi connectivity index (χ1n) is 3.01. The number of carbonyl (C=O) groups is 1. The molecule has 0 atom stereocenters. The lowest BCUT2D eigenvalue weighted by atomic mass is 10.2. The van der Waals surface area contributed by atoms with Crippen LogP contribution in [0.2, 0.25) is 0 Å². The van der Waals surface area contributed by atoms with E-state index in [4.69, 9.17) is 5.39 Å². The van der Waals surface area contributed by atoms with E-state index < -0.39 is 5.97 Å². The molecule has 0 bridgehead atoms. The average Bonchev–Trinajstić information content (AvgIpc) is 2.04. The zero-order valence-electron chi connectivity index (χ0n) is 5.82. The van der Waals surface area contributed by atoms with E-state index in [1.807, 2.05) is 0 Å². The number of carboxylic acids is 1. The molecule has 0 aliphatic heterocycles. The summed E-state index contributed by atoms with van der Waals surface area (Å²) in [5, 5.41) is 18.8. The van der Waals surface area contributed by atoms with E-state index in [0.29, 0.717) is 4.47 Å². The maximum atomic E-state index is 10.4. The lowest BCUT2D eigenvalue weighted by Crippen LogP contribution is -2.22. The highest BCUT2D eigenvalue weighted by Gasteiger charge is 2.13. The van der Waals surface area contributed by atoms with Gasteiger partial charge in [-0.25, -0.2) is 0 Å². The highest BCUT2D eigenvalue weighted by Crippen LogP contribution is 2.22. The summed E-state index contributed by atoms with van der Waals surface area (Å²) in [6.07, 6.45) is 0. The van der Waals surface area contributed by atoms with Gasteiger partial charge in [0, 0.05) is 10.5 Å². The maximum absolute atomic E-state index is 10.4. The minimum Gasteiger partial charge on any atom is -0.545 e. The Morgan fingerprint density at radius 1 is 1.58 bits per heavy atom. The van der Waals surface area contributed by atoms with Crippen molar-refractivity contribution < 1.29 is 9.90 Å². The van der Waals surface area contributed by atoms with Crippen molar-refractivity contribution in [3.63, 3.8) is 0 Å². The predicted octanol–water partition coefficient (Wildman–Crippen LogP) is 1.30. The van der Waals surface area contributed by atoms with Crippen molar-refractivity contribution in [3.8, 4) is 0 Å². The summed E-state index contributed by atoms with van der Waals surface area (Å²) in [6.45, 7) is 0. The Kier molecular flexibility index (Phi) is 2.41. The van der Waals surface area contributed by atoms with Crippen molar-refractivity contribution in [1.82, 2.24) is 0 Å². The normalized spacial score (nSPS) is 9.00. The number of nitrogens with zero attached hydrogens (tertiary/aromatic N) is 2. The summed E-state index contributed by atoms with van der Waals surface area (Å²) in [5.41, 5.74) is -0.162. The predicted molar refractivity (Wildman–Crippen MR) is 43.2 cm³/mol. The fourth-order valence-electron chi connectivity index (χ4n) is 0.759. The van der Waals surface area contributed by atoms with Crippen LogP contribution in [0.15, 0.2) is 22.7 Å². The lowest BCUT2D eigenvalue weighted by molar-refractivity contribution is -0.254. The van der Waals surface area contributed by atoms with E-state index in [1.54, 1.807) is 6.07 Å². The summed E-state index contributed by atoms with van der Waals surface area (Å²) in [6, 6.07) is 4.25. The summed E-state index contributed by atoms with van der Waals surface area (Å²) in [5.74, 6) is -1.37. The molecule has 0 amide bonds. The van der Waals surface area contributed by atoms with Gasteiger partial charge in [-0.1, -0.05) is 15.9 Å². The molecule has 0 N–H and O–H groups in total. The molecule has 4 nitrogen and oxygen atoms in total. The summed E-state index contributed by atoms with van der Waals surface area (Å²) < 4.78 is 0.592. The van der Waals surface area contributed by atoms with Gasteiger partial charge in [0.1, 0.15) is 0 Å². The molecule has 0 aliphatic rings. The van der Waals surface area contributed by atoms with Gasteiger partial charge in [0.2, 0.25) is 5.39 Å². The van der Waals surface area contributed by atoms with E-state index >= 15 is 0 Å². The third-order valence-corrected chi connectivity index (χ3v) is 1.78. The Morgan fingerprint density at radius 3 is 2.75 bits per heavy atom. The molecule has 0 unspecified atom stereocenters. The van der Waals surface area contributed by atoms with Gasteiger partial charge in [0.15, 0.2) is 4.98 Å². The number of diazo groups is 1. The van der Waals surface area contributed by atoms with Crippen molar-refractivity contribution in [2.24, 2.45) is 0 Å². The Bertz CT molecular complexity index is 370. The van der Waals surface area contributed by atoms with Gasteiger partial charge in [-0.15, -0.1) is 0 Å². The summed E-state index contributed by atoms with van der Waals surface area (Å²) >= 11 is 3.08. The second-order valence-corrected chi connectivity index (χ2v) is 2.96. The Labute approximate surface area is 76.6 Å². The van der Waals surface area contributed by atoms with Crippen LogP contribution in [0.25, 0.3) is 4.98 Å². The van der Waals surface area contributed by atoms with Crippen LogP contribution in [0, 0.1) is 5.39 Å². The second-order valence-electron chi connectivity index (χ2n) is 2.05. The van der Waals surface area contributed by atoms with Crippen LogP contribution in [0.1, 0.15) is 10.4 Å². The molecule has 0 aromatic heterocycles. The van der Waals surface area contributed by atoms with Gasteiger partial charge < -0.3 is 9.90 Å². The van der Waals surface area contributed by atoms with E-state index in [0.717, 1.165) is 0 Å². The number of rotatable bonds is 1. The Morgan fingerprint density at radius 2 is 2.25 bits per heavy atom. The molecule has 1 rings (SSSR count). The minimum absolute atomic E-state index is 0.0156. The Balaban J connectivity index is 3.34. The highest BCUT2D eigenvalue weighted by molar-refractivity contribution is 9.10. The second kappa shape index (κ2) is 3.32. The smallest absolute Gasteiger partial charge is 0.394 e. The monoisotopic (exact) mass is 226 g/mol. The number of benzene rings is 1. The molecule has 0 saturated carbocycles. The largest absolute Gasteiger partial charge is 0.545 e. The molecular weight excluding hydrogens is 224 g/mol. The fourth-order valence-corrected chi connectivity index (χ4v) is 1.12. The SMILES string of the molecule is N#[N+]c1ccc(Br)cc1C(=O)[O-]. The Hall–Kier alpha value is -1.41. The van der Waals surface area contributed by atoms with Gasteiger partial charge in [0.05, 0.1) is 11.5 Å². The lowest BCUT2D eigenvalue weighted by Gasteiger charge is -1.97. The van der Waals surface area contributed by atoms with Crippen molar-refractivity contribution in [3.05, 3.63) is 33.2 Å². The van der Waals surface area contributed by atoms with Gasteiger partial charge in [-0.2, -0.15) is 0 Å². The number of hydrogen-bond acceptors (Lipinski definition) is 3. The van der Waals surface area contributed by atoms with E-state index in [1.165, 1.54) is 12.1 Å². The number of hydrogen-bond donors (Lipinski definition) is 0. The molecule has 0 saturated heterocycles. The van der Waals surface area contributed by atoms with Crippen molar-refractivity contribution in [2.75, 3.05) is 0 Å². The van der Waals surface area contributed by atoms with E-state index in [9.17, 15) is 9.90 Å². The fraction of sp³-hybridized carbons (Fsp3) is 0. The number of halogens is 1. The van der Waals surface area contributed by atoms with Gasteiger partial charge in [0.25, 0.3) is 0 Å². The van der Waals surface area contributed by atoms with Gasteiger partial charge in [-0.3, -0.25) is 0 Å². The van der Waals surface area contributed by atoms with Crippen LogP contribution in [-0.4, -0.2) is 5.97 Å².